The van der Waals surface area contributed by atoms with Gasteiger partial charge in [0.1, 0.15) is 12.9 Å². The van der Waals surface area contributed by atoms with Gasteiger partial charge in [-0.15, -0.1) is 10.2 Å². The Bertz CT molecular complexity index is 670. The molecule has 0 aliphatic carbocycles. The molecule has 0 aromatic carbocycles. The van der Waals surface area contributed by atoms with Gasteiger partial charge in [-0.25, -0.2) is 0 Å². The lowest BCUT2D eigenvalue weighted by Gasteiger charge is -2.23. The number of carbonyl (C=O) groups excluding carboxylic acids is 1. The van der Waals surface area contributed by atoms with Gasteiger partial charge in [0.2, 0.25) is 11.6 Å². The van der Waals surface area contributed by atoms with E-state index in [9.17, 15) is 4.79 Å². The number of aryl methyl sites for hydroxylation is 1. The Morgan fingerprint density at radius 3 is 3.00 bits per heavy atom. The zero-order valence-electron chi connectivity index (χ0n) is 12.9. The summed E-state index contributed by atoms with van der Waals surface area (Å²) >= 11 is 0. The van der Waals surface area contributed by atoms with E-state index in [2.05, 4.69) is 20.2 Å². The highest BCUT2D eigenvalue weighted by Crippen LogP contribution is 2.21. The molecule has 1 amide bonds. The molecule has 118 valence electrons. The maximum Gasteiger partial charge on any atom is 0.248 e. The second-order valence-electron chi connectivity index (χ2n) is 5.42. The van der Waals surface area contributed by atoms with Crippen LogP contribution in [-0.2, 0) is 9.53 Å². The summed E-state index contributed by atoms with van der Waals surface area (Å²) in [6.45, 7) is 5.18. The van der Waals surface area contributed by atoms with E-state index in [0.29, 0.717) is 6.54 Å². The van der Waals surface area contributed by atoms with Crippen LogP contribution in [0.5, 0.6) is 0 Å². The monoisotopic (exact) mass is 304 g/mol. The molecule has 1 aliphatic heterocycles. The highest BCUT2D eigenvalue weighted by molar-refractivity contribution is 5.77. The van der Waals surface area contributed by atoms with Crippen molar-refractivity contribution in [2.45, 2.75) is 13.3 Å². The molecule has 8 nitrogen and oxygen atoms in total. The molecule has 8 heteroatoms. The van der Waals surface area contributed by atoms with E-state index in [4.69, 9.17) is 4.74 Å². The summed E-state index contributed by atoms with van der Waals surface area (Å²) in [5.74, 6) is 0.0443. The minimum Gasteiger partial charge on any atom is -0.375 e. The Morgan fingerprint density at radius 1 is 1.32 bits per heavy atom. The molecule has 1 aliphatic rings. The number of anilines is 1. The quantitative estimate of drug-likeness (QED) is 0.801. The van der Waals surface area contributed by atoms with Gasteiger partial charge in [-0.3, -0.25) is 4.79 Å². The van der Waals surface area contributed by atoms with Crippen LogP contribution < -0.4 is 4.90 Å². The fourth-order valence-corrected chi connectivity index (χ4v) is 2.79. The van der Waals surface area contributed by atoms with Gasteiger partial charge in [-0.05, 0) is 19.4 Å². The third-order valence-corrected chi connectivity index (χ3v) is 3.83. The van der Waals surface area contributed by atoms with Crippen molar-refractivity contribution in [3.05, 3.63) is 18.1 Å². The molecule has 0 bridgehead atoms. The smallest absolute Gasteiger partial charge is 0.248 e. The molecule has 1 fully saturated rings. The van der Waals surface area contributed by atoms with Crippen LogP contribution in [0.3, 0.4) is 0 Å². The number of rotatable bonds is 3. The molecule has 0 N–H and O–H groups in total. The van der Waals surface area contributed by atoms with E-state index in [1.807, 2.05) is 17.9 Å². The Morgan fingerprint density at radius 2 is 2.18 bits per heavy atom. The number of amides is 1. The molecule has 2 aromatic rings. The first kappa shape index (κ1) is 14.7. The van der Waals surface area contributed by atoms with Gasteiger partial charge >= 0.3 is 0 Å². The highest BCUT2D eigenvalue weighted by Gasteiger charge is 2.21. The van der Waals surface area contributed by atoms with Crippen molar-refractivity contribution >= 4 is 17.2 Å². The Hall–Kier alpha value is -2.22. The Labute approximate surface area is 128 Å². The predicted molar refractivity (Wildman–Crippen MR) is 80.8 cm³/mol. The number of nitrogens with zero attached hydrogens (tertiary/aromatic N) is 6. The first-order valence-electron chi connectivity index (χ1n) is 7.38. The van der Waals surface area contributed by atoms with Crippen LogP contribution in [0.25, 0.3) is 5.65 Å². The lowest BCUT2D eigenvalue weighted by Crippen LogP contribution is -2.37. The van der Waals surface area contributed by atoms with Gasteiger partial charge in [0, 0.05) is 33.3 Å². The summed E-state index contributed by atoms with van der Waals surface area (Å²) in [6, 6.07) is 2.02. The molecule has 3 heterocycles. The number of hydrogen-bond donors (Lipinski definition) is 0. The largest absolute Gasteiger partial charge is 0.375 e. The van der Waals surface area contributed by atoms with Gasteiger partial charge < -0.3 is 14.5 Å². The zero-order valence-corrected chi connectivity index (χ0v) is 12.9. The summed E-state index contributed by atoms with van der Waals surface area (Å²) in [4.78, 5) is 16.1. The van der Waals surface area contributed by atoms with E-state index >= 15 is 0 Å². The molecular weight excluding hydrogens is 284 g/mol. The standard InChI is InChI=1S/C14H20N6O2/c1-11-8-12(14-16-15-10-20(14)17-11)18-4-3-5-19(7-6-18)13(21)9-22-2/h8,10H,3-7,9H2,1-2H3. The predicted octanol–water partition coefficient (Wildman–Crippen LogP) is 0.118. The average molecular weight is 304 g/mol. The second-order valence-corrected chi connectivity index (χ2v) is 5.42. The molecule has 3 rings (SSSR count). The summed E-state index contributed by atoms with van der Waals surface area (Å²) in [6.07, 6.45) is 2.52. The lowest BCUT2D eigenvalue weighted by atomic mass is 10.3. The fourth-order valence-electron chi connectivity index (χ4n) is 2.79. The number of ether oxygens (including phenoxy) is 1. The molecular formula is C14H20N6O2. The second kappa shape index (κ2) is 6.27. The van der Waals surface area contributed by atoms with Crippen LogP contribution in [0.15, 0.2) is 12.4 Å². The number of fused-ring (bicyclic) bond motifs is 1. The summed E-state index contributed by atoms with van der Waals surface area (Å²) in [5, 5.41) is 12.5. The maximum absolute atomic E-state index is 12.0. The molecule has 0 unspecified atom stereocenters. The van der Waals surface area contributed by atoms with Gasteiger partial charge in [-0.1, -0.05) is 0 Å². The van der Waals surface area contributed by atoms with Crippen LogP contribution >= 0.6 is 0 Å². The first-order valence-corrected chi connectivity index (χ1v) is 7.38. The molecule has 1 saturated heterocycles. The molecule has 22 heavy (non-hydrogen) atoms. The van der Waals surface area contributed by atoms with Crippen LogP contribution in [0.1, 0.15) is 12.1 Å². The molecule has 0 saturated carbocycles. The van der Waals surface area contributed by atoms with E-state index < -0.39 is 0 Å². The Kier molecular flexibility index (Phi) is 4.19. The molecule has 2 aromatic heterocycles. The van der Waals surface area contributed by atoms with E-state index in [0.717, 1.165) is 43.1 Å². The normalized spacial score (nSPS) is 16.1. The van der Waals surface area contributed by atoms with E-state index in [1.165, 1.54) is 0 Å². The van der Waals surface area contributed by atoms with Crippen molar-refractivity contribution in [3.63, 3.8) is 0 Å². The number of carbonyl (C=O) groups is 1. The SMILES string of the molecule is COCC(=O)N1CCCN(c2cc(C)nn3cnnc23)CC1. The Balaban J connectivity index is 1.80. The number of methoxy groups -OCH3 is 1. The van der Waals surface area contributed by atoms with E-state index in [1.54, 1.807) is 18.0 Å². The minimum absolute atomic E-state index is 0.0443. The fraction of sp³-hybridized carbons (Fsp3) is 0.571. The topological polar surface area (TPSA) is 75.9 Å². The average Bonchev–Trinajstić information content (AvgIpc) is 2.82. The van der Waals surface area contributed by atoms with Gasteiger partial charge in [-0.2, -0.15) is 9.61 Å². The van der Waals surface area contributed by atoms with Crippen LogP contribution in [0, 0.1) is 6.92 Å². The third kappa shape index (κ3) is 2.87. The van der Waals surface area contributed by atoms with Crippen molar-refractivity contribution in [3.8, 4) is 0 Å². The zero-order chi connectivity index (χ0) is 15.5. The van der Waals surface area contributed by atoms with Crippen LogP contribution in [-0.4, -0.2) is 70.5 Å². The maximum atomic E-state index is 12.0. The molecule has 0 spiro atoms. The lowest BCUT2D eigenvalue weighted by molar-refractivity contribution is -0.134. The molecule has 0 atom stereocenters. The van der Waals surface area contributed by atoms with Crippen molar-refractivity contribution in [2.75, 3.05) is 44.8 Å². The van der Waals surface area contributed by atoms with Crippen molar-refractivity contribution < 1.29 is 9.53 Å². The summed E-state index contributed by atoms with van der Waals surface area (Å²) in [7, 11) is 1.55. The van der Waals surface area contributed by atoms with Crippen molar-refractivity contribution in [1.29, 1.82) is 0 Å². The van der Waals surface area contributed by atoms with Crippen molar-refractivity contribution in [1.82, 2.24) is 24.7 Å². The summed E-state index contributed by atoms with van der Waals surface area (Å²) in [5.41, 5.74) is 2.69. The third-order valence-electron chi connectivity index (χ3n) is 3.83. The minimum atomic E-state index is 0.0443. The highest BCUT2D eigenvalue weighted by atomic mass is 16.5. The van der Waals surface area contributed by atoms with Crippen molar-refractivity contribution in [2.24, 2.45) is 0 Å². The van der Waals surface area contributed by atoms with E-state index in [-0.39, 0.29) is 12.5 Å². The molecule has 0 radical (unpaired) electrons. The number of hydrogen-bond acceptors (Lipinski definition) is 6. The number of aromatic nitrogens is 4. The first-order chi connectivity index (χ1) is 10.7. The summed E-state index contributed by atoms with van der Waals surface area (Å²) < 4.78 is 6.64. The van der Waals surface area contributed by atoms with Gasteiger partial charge in [0.25, 0.3) is 0 Å². The van der Waals surface area contributed by atoms with Crippen LogP contribution in [0.4, 0.5) is 5.69 Å². The van der Waals surface area contributed by atoms with Gasteiger partial charge in [0.05, 0.1) is 11.4 Å². The van der Waals surface area contributed by atoms with Crippen LogP contribution in [0.2, 0.25) is 0 Å². The van der Waals surface area contributed by atoms with Gasteiger partial charge in [0.15, 0.2) is 0 Å².